The highest BCUT2D eigenvalue weighted by atomic mass is 16.5. The molecule has 1 N–H and O–H groups in total. The number of rotatable bonds is 9. The summed E-state index contributed by atoms with van der Waals surface area (Å²) in [7, 11) is 0. The van der Waals surface area contributed by atoms with E-state index in [-0.39, 0.29) is 5.56 Å². The third-order valence-electron chi connectivity index (χ3n) is 3.96. The number of aromatic carboxylic acids is 1. The summed E-state index contributed by atoms with van der Waals surface area (Å²) in [4.78, 5) is 11.1. The van der Waals surface area contributed by atoms with Gasteiger partial charge in [-0.05, 0) is 61.2 Å². The van der Waals surface area contributed by atoms with E-state index in [2.05, 4.69) is 26.8 Å². The molecule has 0 saturated carbocycles. The van der Waals surface area contributed by atoms with Crippen LogP contribution in [0.1, 0.15) is 48.2 Å². The summed E-state index contributed by atoms with van der Waals surface area (Å²) in [5, 5.41) is 9.07. The Hall–Kier alpha value is -2.69. The molecular weight excluding hydrogens is 332 g/mol. The van der Waals surface area contributed by atoms with Gasteiger partial charge in [0.25, 0.3) is 0 Å². The number of hydrogen-bond donors (Lipinski definition) is 1. The van der Waals surface area contributed by atoms with E-state index >= 15 is 0 Å². The lowest BCUT2D eigenvalue weighted by atomic mass is 9.98. The van der Waals surface area contributed by atoms with Crippen LogP contribution >= 0.6 is 0 Å². The minimum Gasteiger partial charge on any atom is -0.490 e. The first-order valence-electron chi connectivity index (χ1n) is 8.78. The molecule has 0 spiro atoms. The lowest BCUT2D eigenvalue weighted by Gasteiger charge is -2.14. The maximum Gasteiger partial charge on any atom is 0.335 e. The first kappa shape index (κ1) is 19.6. The molecule has 0 aromatic heterocycles. The van der Waals surface area contributed by atoms with Gasteiger partial charge in [0.1, 0.15) is 19.0 Å². The Labute approximate surface area is 154 Å². The molecule has 0 unspecified atom stereocenters. The number of hydrogen-bond acceptors (Lipinski definition) is 4. The van der Waals surface area contributed by atoms with E-state index in [0.717, 1.165) is 5.75 Å². The third-order valence-corrected chi connectivity index (χ3v) is 3.96. The minimum atomic E-state index is -0.999. The second-order valence-corrected chi connectivity index (χ2v) is 6.27. The summed E-state index contributed by atoms with van der Waals surface area (Å²) in [5.74, 6) is 1.22. The average molecular weight is 358 g/mol. The predicted molar refractivity (Wildman–Crippen MR) is 101 cm³/mol. The maximum atomic E-state index is 11.1. The fourth-order valence-corrected chi connectivity index (χ4v) is 2.73. The largest absolute Gasteiger partial charge is 0.490 e. The Balaban J connectivity index is 1.93. The molecule has 0 amide bonds. The average Bonchev–Trinajstić information content (AvgIpc) is 2.59. The summed E-state index contributed by atoms with van der Waals surface area (Å²) < 4.78 is 16.9. The monoisotopic (exact) mass is 358 g/mol. The van der Waals surface area contributed by atoms with Gasteiger partial charge in [-0.3, -0.25) is 0 Å². The van der Waals surface area contributed by atoms with Crippen LogP contribution in [-0.4, -0.2) is 30.9 Å². The van der Waals surface area contributed by atoms with Gasteiger partial charge in [0.05, 0.1) is 12.2 Å². The van der Waals surface area contributed by atoms with Gasteiger partial charge in [-0.15, -0.1) is 0 Å². The molecule has 5 heteroatoms. The lowest BCUT2D eigenvalue weighted by Crippen LogP contribution is -2.10. The van der Waals surface area contributed by atoms with E-state index in [1.807, 2.05) is 19.1 Å². The number of aryl methyl sites for hydroxylation is 1. The molecule has 0 saturated heterocycles. The summed E-state index contributed by atoms with van der Waals surface area (Å²) in [6.07, 6.45) is 0. The topological polar surface area (TPSA) is 65.0 Å². The molecule has 2 rings (SSSR count). The highest BCUT2D eigenvalue weighted by Crippen LogP contribution is 2.29. The molecule has 140 valence electrons. The Morgan fingerprint density at radius 2 is 1.73 bits per heavy atom. The zero-order valence-corrected chi connectivity index (χ0v) is 15.7. The van der Waals surface area contributed by atoms with Crippen LogP contribution in [0, 0.1) is 6.92 Å². The highest BCUT2D eigenvalue weighted by molar-refractivity contribution is 5.88. The van der Waals surface area contributed by atoms with E-state index in [4.69, 9.17) is 19.3 Å². The number of ether oxygens (including phenoxy) is 3. The van der Waals surface area contributed by atoms with Gasteiger partial charge in [0.2, 0.25) is 0 Å². The van der Waals surface area contributed by atoms with E-state index in [1.165, 1.54) is 23.3 Å². The second kappa shape index (κ2) is 9.13. The zero-order valence-electron chi connectivity index (χ0n) is 15.7. The Bertz CT molecular complexity index is 752. The molecule has 0 aliphatic rings. The van der Waals surface area contributed by atoms with Crippen molar-refractivity contribution in [3.05, 3.63) is 53.1 Å². The summed E-state index contributed by atoms with van der Waals surface area (Å²) in [5.41, 5.74) is 2.69. The first-order valence-corrected chi connectivity index (χ1v) is 8.78. The standard InChI is InChI=1S/C21H26O5/c1-5-24-20-13-16(21(22)23)6-9-19(20)26-11-10-25-17-7-8-18(14(2)3)15(4)12-17/h6-9,12-14H,5,10-11H2,1-4H3,(H,22,23). The molecule has 2 aromatic carbocycles. The van der Waals surface area contributed by atoms with Crippen LogP contribution in [0.2, 0.25) is 0 Å². The lowest BCUT2D eigenvalue weighted by molar-refractivity contribution is 0.0696. The Morgan fingerprint density at radius 3 is 2.35 bits per heavy atom. The van der Waals surface area contributed by atoms with Crippen LogP contribution in [0.4, 0.5) is 0 Å². The Kier molecular flexibility index (Phi) is 6.89. The smallest absolute Gasteiger partial charge is 0.335 e. The normalized spacial score (nSPS) is 10.7. The Morgan fingerprint density at radius 1 is 1.00 bits per heavy atom. The fraction of sp³-hybridized carbons (Fsp3) is 0.381. The number of carbonyl (C=O) groups is 1. The van der Waals surface area contributed by atoms with Crippen molar-refractivity contribution < 1.29 is 24.1 Å². The van der Waals surface area contributed by atoms with E-state index < -0.39 is 5.97 Å². The number of carboxylic acids is 1. The molecule has 2 aromatic rings. The van der Waals surface area contributed by atoms with Crippen LogP contribution in [0.25, 0.3) is 0 Å². The van der Waals surface area contributed by atoms with Gasteiger partial charge < -0.3 is 19.3 Å². The predicted octanol–water partition coefficient (Wildman–Crippen LogP) is 4.67. The van der Waals surface area contributed by atoms with Gasteiger partial charge >= 0.3 is 5.97 Å². The second-order valence-electron chi connectivity index (χ2n) is 6.27. The van der Waals surface area contributed by atoms with Crippen LogP contribution < -0.4 is 14.2 Å². The van der Waals surface area contributed by atoms with Gasteiger partial charge in [0, 0.05) is 0 Å². The van der Waals surface area contributed by atoms with Crippen molar-refractivity contribution in [1.29, 1.82) is 0 Å². The molecule has 0 heterocycles. The van der Waals surface area contributed by atoms with Crippen molar-refractivity contribution in [3.8, 4) is 17.2 Å². The maximum absolute atomic E-state index is 11.1. The SMILES string of the molecule is CCOc1cc(C(=O)O)ccc1OCCOc1ccc(C(C)C)c(C)c1. The van der Waals surface area contributed by atoms with Crippen molar-refractivity contribution in [2.45, 2.75) is 33.6 Å². The van der Waals surface area contributed by atoms with Gasteiger partial charge in [-0.2, -0.15) is 0 Å². The van der Waals surface area contributed by atoms with Crippen molar-refractivity contribution in [1.82, 2.24) is 0 Å². The van der Waals surface area contributed by atoms with Crippen molar-refractivity contribution in [2.75, 3.05) is 19.8 Å². The summed E-state index contributed by atoms with van der Waals surface area (Å²) >= 11 is 0. The number of benzene rings is 2. The molecule has 26 heavy (non-hydrogen) atoms. The zero-order chi connectivity index (χ0) is 19.1. The van der Waals surface area contributed by atoms with Crippen molar-refractivity contribution >= 4 is 5.97 Å². The molecule has 0 fully saturated rings. The van der Waals surface area contributed by atoms with Gasteiger partial charge in [0.15, 0.2) is 11.5 Å². The van der Waals surface area contributed by atoms with Gasteiger partial charge in [-0.1, -0.05) is 19.9 Å². The fourth-order valence-electron chi connectivity index (χ4n) is 2.73. The van der Waals surface area contributed by atoms with Crippen molar-refractivity contribution in [3.63, 3.8) is 0 Å². The first-order chi connectivity index (χ1) is 12.4. The molecule has 0 bridgehead atoms. The molecule has 0 aliphatic heterocycles. The molecule has 0 radical (unpaired) electrons. The van der Waals surface area contributed by atoms with Crippen LogP contribution in [0.3, 0.4) is 0 Å². The van der Waals surface area contributed by atoms with E-state index in [9.17, 15) is 4.79 Å². The van der Waals surface area contributed by atoms with Crippen LogP contribution in [-0.2, 0) is 0 Å². The highest BCUT2D eigenvalue weighted by Gasteiger charge is 2.11. The summed E-state index contributed by atoms with van der Waals surface area (Å²) in [6, 6.07) is 10.7. The number of carboxylic acid groups (broad SMARTS) is 1. The molecular formula is C21H26O5. The van der Waals surface area contributed by atoms with Gasteiger partial charge in [-0.25, -0.2) is 4.79 Å². The van der Waals surface area contributed by atoms with E-state index in [0.29, 0.717) is 37.2 Å². The summed E-state index contributed by atoms with van der Waals surface area (Å²) in [6.45, 7) is 9.40. The van der Waals surface area contributed by atoms with Crippen molar-refractivity contribution in [2.24, 2.45) is 0 Å². The van der Waals surface area contributed by atoms with Crippen LogP contribution in [0.5, 0.6) is 17.2 Å². The minimum absolute atomic E-state index is 0.165. The van der Waals surface area contributed by atoms with Crippen LogP contribution in [0.15, 0.2) is 36.4 Å². The molecule has 0 aliphatic carbocycles. The third kappa shape index (κ3) is 5.15. The quantitative estimate of drug-likeness (QED) is 0.660. The molecule has 5 nitrogen and oxygen atoms in total. The molecule has 0 atom stereocenters. The van der Waals surface area contributed by atoms with E-state index in [1.54, 1.807) is 6.07 Å².